The minimum Gasteiger partial charge on any atom is -0.360 e. The number of carbonyl (C=O) groups is 1. The average Bonchev–Trinajstić information content (AvgIpc) is 3.32. The van der Waals surface area contributed by atoms with Crippen LogP contribution in [0.3, 0.4) is 0 Å². The average molecular weight is 366 g/mol. The van der Waals surface area contributed by atoms with Crippen LogP contribution in [0.25, 0.3) is 11.3 Å². The highest BCUT2D eigenvalue weighted by molar-refractivity contribution is 5.92. The maximum atomic E-state index is 12.7. The van der Waals surface area contributed by atoms with Gasteiger partial charge < -0.3 is 13.9 Å². The molecule has 0 bridgehead atoms. The number of carbonyl (C=O) groups excluding carboxylic acids is 1. The van der Waals surface area contributed by atoms with Crippen molar-refractivity contribution in [2.45, 2.75) is 20.4 Å². The molecule has 0 aliphatic carbocycles. The Labute approximate surface area is 157 Å². The summed E-state index contributed by atoms with van der Waals surface area (Å²) in [6.45, 7) is 7.51. The van der Waals surface area contributed by atoms with E-state index in [1.807, 2.05) is 49.1 Å². The number of nitrogens with zero attached hydrogens (tertiary/aromatic N) is 4. The fourth-order valence-corrected chi connectivity index (χ4v) is 3.21. The number of aromatic nitrogens is 2. The van der Waals surface area contributed by atoms with Gasteiger partial charge in [-0.25, -0.2) is 0 Å². The van der Waals surface area contributed by atoms with Gasteiger partial charge in [0.1, 0.15) is 5.69 Å². The summed E-state index contributed by atoms with van der Waals surface area (Å²) in [5.74, 6) is 1.02. The van der Waals surface area contributed by atoms with Gasteiger partial charge >= 0.3 is 0 Å². The summed E-state index contributed by atoms with van der Waals surface area (Å²) >= 11 is 0. The van der Waals surface area contributed by atoms with Crippen molar-refractivity contribution in [3.63, 3.8) is 0 Å². The molecule has 4 rings (SSSR count). The van der Waals surface area contributed by atoms with Crippen LogP contribution in [0.2, 0.25) is 0 Å². The molecule has 1 amide bonds. The summed E-state index contributed by atoms with van der Waals surface area (Å²) in [5, 5.41) is 7.96. The van der Waals surface area contributed by atoms with Crippen molar-refractivity contribution >= 4 is 5.91 Å². The smallest absolute Gasteiger partial charge is 0.292 e. The van der Waals surface area contributed by atoms with E-state index >= 15 is 0 Å². The lowest BCUT2D eigenvalue weighted by molar-refractivity contribution is 0.0578. The first-order valence-electron chi connectivity index (χ1n) is 9.06. The molecule has 7 heteroatoms. The number of rotatable bonds is 4. The van der Waals surface area contributed by atoms with Gasteiger partial charge in [-0.15, -0.1) is 0 Å². The Kier molecular flexibility index (Phi) is 4.77. The van der Waals surface area contributed by atoms with Gasteiger partial charge in [-0.1, -0.05) is 40.1 Å². The van der Waals surface area contributed by atoms with Crippen LogP contribution in [0.15, 0.2) is 45.4 Å². The van der Waals surface area contributed by atoms with Crippen molar-refractivity contribution in [2.75, 3.05) is 26.2 Å². The van der Waals surface area contributed by atoms with E-state index < -0.39 is 0 Å². The summed E-state index contributed by atoms with van der Waals surface area (Å²) in [5.41, 5.74) is 3.68. The molecule has 1 aliphatic heterocycles. The van der Waals surface area contributed by atoms with Gasteiger partial charge in [-0.2, -0.15) is 0 Å². The van der Waals surface area contributed by atoms with E-state index in [-0.39, 0.29) is 11.7 Å². The molecule has 1 aliphatic rings. The van der Waals surface area contributed by atoms with Gasteiger partial charge in [0.05, 0.1) is 12.2 Å². The Morgan fingerprint density at radius 3 is 2.41 bits per heavy atom. The molecule has 2 aromatic heterocycles. The van der Waals surface area contributed by atoms with Crippen LogP contribution in [0.5, 0.6) is 0 Å². The molecule has 3 aromatic rings. The van der Waals surface area contributed by atoms with E-state index in [0.29, 0.717) is 25.3 Å². The van der Waals surface area contributed by atoms with Gasteiger partial charge in [0.25, 0.3) is 5.91 Å². The first-order valence-corrected chi connectivity index (χ1v) is 9.06. The molecule has 140 valence electrons. The summed E-state index contributed by atoms with van der Waals surface area (Å²) in [6.07, 6.45) is 0. The molecule has 0 saturated carbocycles. The Morgan fingerprint density at radius 1 is 1.00 bits per heavy atom. The van der Waals surface area contributed by atoms with Crippen molar-refractivity contribution in [2.24, 2.45) is 0 Å². The molecule has 1 saturated heterocycles. The lowest BCUT2D eigenvalue weighted by Gasteiger charge is -2.33. The Hall–Kier alpha value is -2.93. The number of piperazine rings is 1. The molecule has 0 unspecified atom stereocenters. The minimum absolute atomic E-state index is 0.115. The van der Waals surface area contributed by atoms with E-state index in [1.165, 1.54) is 5.56 Å². The first-order chi connectivity index (χ1) is 13.1. The molecule has 1 aromatic carbocycles. The van der Waals surface area contributed by atoms with Crippen LogP contribution in [0.1, 0.15) is 27.6 Å². The quantitative estimate of drug-likeness (QED) is 0.707. The fraction of sp³-hybridized carbons (Fsp3) is 0.350. The lowest BCUT2D eigenvalue weighted by Crippen LogP contribution is -2.48. The van der Waals surface area contributed by atoms with Crippen LogP contribution >= 0.6 is 0 Å². The molecule has 0 radical (unpaired) electrons. The van der Waals surface area contributed by atoms with Gasteiger partial charge in [-0.3, -0.25) is 9.69 Å². The monoisotopic (exact) mass is 366 g/mol. The molecule has 0 atom stereocenters. The molecule has 27 heavy (non-hydrogen) atoms. The van der Waals surface area contributed by atoms with E-state index in [0.717, 1.165) is 30.1 Å². The van der Waals surface area contributed by atoms with Gasteiger partial charge in [0.2, 0.25) is 5.76 Å². The highest BCUT2D eigenvalue weighted by Gasteiger charge is 2.25. The Balaban J connectivity index is 1.36. The summed E-state index contributed by atoms with van der Waals surface area (Å²) in [4.78, 5) is 16.8. The van der Waals surface area contributed by atoms with Gasteiger partial charge in [-0.05, 0) is 13.8 Å². The second kappa shape index (κ2) is 7.36. The number of amides is 1. The van der Waals surface area contributed by atoms with Crippen molar-refractivity contribution in [1.29, 1.82) is 0 Å². The molecular formula is C20H22N4O3. The summed E-state index contributed by atoms with van der Waals surface area (Å²) in [6, 6.07) is 11.6. The van der Waals surface area contributed by atoms with E-state index in [9.17, 15) is 4.79 Å². The Morgan fingerprint density at radius 2 is 1.74 bits per heavy atom. The molecule has 3 heterocycles. The molecule has 7 nitrogen and oxygen atoms in total. The minimum atomic E-state index is -0.115. The predicted molar refractivity (Wildman–Crippen MR) is 99.1 cm³/mol. The molecule has 0 spiro atoms. The van der Waals surface area contributed by atoms with Gasteiger partial charge in [0, 0.05) is 43.9 Å². The third-order valence-electron chi connectivity index (χ3n) is 4.78. The van der Waals surface area contributed by atoms with E-state index in [2.05, 4.69) is 15.2 Å². The highest BCUT2D eigenvalue weighted by atomic mass is 16.5. The van der Waals surface area contributed by atoms with Crippen LogP contribution in [-0.4, -0.2) is 52.2 Å². The maximum Gasteiger partial charge on any atom is 0.292 e. The SMILES string of the molecule is Cc1ccc(-c2cc(C(=O)N3CCN(Cc4cc(C)no4)CC3)on2)cc1. The normalized spacial score (nSPS) is 15.3. The van der Waals surface area contributed by atoms with E-state index in [1.54, 1.807) is 6.07 Å². The predicted octanol–water partition coefficient (Wildman–Crippen LogP) is 2.90. The largest absolute Gasteiger partial charge is 0.360 e. The van der Waals surface area contributed by atoms with Crippen molar-refractivity contribution in [3.8, 4) is 11.3 Å². The second-order valence-electron chi connectivity index (χ2n) is 6.95. The summed E-state index contributed by atoms with van der Waals surface area (Å²) in [7, 11) is 0. The number of hydrogen-bond donors (Lipinski definition) is 0. The second-order valence-corrected chi connectivity index (χ2v) is 6.95. The van der Waals surface area contributed by atoms with Crippen molar-refractivity contribution in [1.82, 2.24) is 20.1 Å². The first kappa shape index (κ1) is 17.5. The summed E-state index contributed by atoms with van der Waals surface area (Å²) < 4.78 is 10.6. The number of hydrogen-bond acceptors (Lipinski definition) is 6. The standard InChI is InChI=1S/C20H22N4O3/c1-14-3-5-16(6-4-14)18-12-19(27-22-18)20(25)24-9-7-23(8-10-24)13-17-11-15(2)21-26-17/h3-6,11-12H,7-10,13H2,1-2H3. The topological polar surface area (TPSA) is 75.6 Å². The van der Waals surface area contributed by atoms with Crippen molar-refractivity contribution < 1.29 is 13.8 Å². The molecule has 0 N–H and O–H groups in total. The zero-order valence-corrected chi connectivity index (χ0v) is 15.5. The van der Waals surface area contributed by atoms with Crippen LogP contribution < -0.4 is 0 Å². The third-order valence-corrected chi connectivity index (χ3v) is 4.78. The van der Waals surface area contributed by atoms with Crippen molar-refractivity contribution in [3.05, 3.63) is 59.2 Å². The zero-order valence-electron chi connectivity index (χ0n) is 15.5. The maximum absolute atomic E-state index is 12.7. The van der Waals surface area contributed by atoms with E-state index in [4.69, 9.17) is 9.05 Å². The highest BCUT2D eigenvalue weighted by Crippen LogP contribution is 2.21. The van der Waals surface area contributed by atoms with Crippen LogP contribution in [0, 0.1) is 13.8 Å². The molecule has 1 fully saturated rings. The van der Waals surface area contributed by atoms with Crippen LogP contribution in [0.4, 0.5) is 0 Å². The lowest BCUT2D eigenvalue weighted by atomic mass is 10.1. The zero-order chi connectivity index (χ0) is 18.8. The molecular weight excluding hydrogens is 344 g/mol. The Bertz CT molecular complexity index is 921. The van der Waals surface area contributed by atoms with Gasteiger partial charge in [0.15, 0.2) is 5.76 Å². The number of benzene rings is 1. The fourth-order valence-electron chi connectivity index (χ4n) is 3.21. The van der Waals surface area contributed by atoms with Crippen LogP contribution in [-0.2, 0) is 6.54 Å². The third kappa shape index (κ3) is 3.93. The number of aryl methyl sites for hydroxylation is 2.